The summed E-state index contributed by atoms with van der Waals surface area (Å²) >= 11 is 0. The maximum atomic E-state index is 9.25. The lowest BCUT2D eigenvalue weighted by molar-refractivity contribution is 0.475. The van der Waals surface area contributed by atoms with Gasteiger partial charge in [-0.15, -0.1) is 0 Å². The van der Waals surface area contributed by atoms with E-state index in [4.69, 9.17) is 4.74 Å². The Morgan fingerprint density at radius 1 is 0.652 bits per heavy atom. The summed E-state index contributed by atoms with van der Waals surface area (Å²) < 4.78 is 5.79. The van der Waals surface area contributed by atoms with Gasteiger partial charge in [-0.3, -0.25) is 0 Å². The Kier molecular flexibility index (Phi) is 4.31. The van der Waals surface area contributed by atoms with E-state index < -0.39 is 0 Å². The molecule has 0 spiro atoms. The van der Waals surface area contributed by atoms with Gasteiger partial charge in [0.1, 0.15) is 17.2 Å². The summed E-state index contributed by atoms with van der Waals surface area (Å²) in [7, 11) is 0. The van der Waals surface area contributed by atoms with Crippen LogP contribution in [0.3, 0.4) is 0 Å². The van der Waals surface area contributed by atoms with Crippen LogP contribution in [0.1, 0.15) is 16.7 Å². The topological polar surface area (TPSA) is 29.5 Å². The number of hydrogen-bond acceptors (Lipinski definition) is 2. The molecule has 1 N–H and O–H groups in total. The van der Waals surface area contributed by atoms with Crippen molar-refractivity contribution in [3.63, 3.8) is 0 Å². The molecule has 0 atom stereocenters. The molecular formula is C21H16O2. The van der Waals surface area contributed by atoms with Gasteiger partial charge in [-0.2, -0.15) is 0 Å². The van der Waals surface area contributed by atoms with Crippen molar-refractivity contribution in [1.29, 1.82) is 0 Å². The number of ether oxygens (including phenoxy) is 1. The Hall–Kier alpha value is -3.18. The van der Waals surface area contributed by atoms with Gasteiger partial charge in [-0.1, -0.05) is 29.5 Å². The maximum absolute atomic E-state index is 9.25. The average Bonchev–Trinajstić information content (AvgIpc) is 2.58. The molecule has 0 saturated carbocycles. The lowest BCUT2D eigenvalue weighted by Crippen LogP contribution is -1.84. The van der Waals surface area contributed by atoms with E-state index in [-0.39, 0.29) is 5.75 Å². The fourth-order valence-electron chi connectivity index (χ4n) is 2.04. The minimum atomic E-state index is 0.244. The first-order valence-corrected chi connectivity index (χ1v) is 7.35. The van der Waals surface area contributed by atoms with Crippen LogP contribution in [0.25, 0.3) is 0 Å². The second-order valence-corrected chi connectivity index (χ2v) is 5.24. The Balaban J connectivity index is 1.70. The average molecular weight is 300 g/mol. The van der Waals surface area contributed by atoms with Crippen LogP contribution < -0.4 is 4.74 Å². The van der Waals surface area contributed by atoms with E-state index in [1.54, 1.807) is 24.3 Å². The third-order valence-electron chi connectivity index (χ3n) is 3.33. The van der Waals surface area contributed by atoms with E-state index in [0.717, 1.165) is 22.6 Å². The summed E-state index contributed by atoms with van der Waals surface area (Å²) in [4.78, 5) is 0. The van der Waals surface area contributed by atoms with Crippen molar-refractivity contribution < 1.29 is 9.84 Å². The van der Waals surface area contributed by atoms with Gasteiger partial charge in [0.15, 0.2) is 0 Å². The monoisotopic (exact) mass is 300 g/mol. The van der Waals surface area contributed by atoms with Gasteiger partial charge in [0, 0.05) is 11.1 Å². The molecule has 0 amide bonds. The van der Waals surface area contributed by atoms with Crippen LogP contribution in [0.5, 0.6) is 17.2 Å². The normalized spacial score (nSPS) is 9.78. The molecule has 112 valence electrons. The van der Waals surface area contributed by atoms with Gasteiger partial charge >= 0.3 is 0 Å². The summed E-state index contributed by atoms with van der Waals surface area (Å²) in [6.45, 7) is 2.05. The zero-order chi connectivity index (χ0) is 16.1. The highest BCUT2D eigenvalue weighted by Crippen LogP contribution is 2.21. The van der Waals surface area contributed by atoms with Crippen LogP contribution in [-0.4, -0.2) is 5.11 Å². The first-order chi connectivity index (χ1) is 11.2. The molecule has 0 heterocycles. The maximum Gasteiger partial charge on any atom is 0.127 e. The molecule has 0 radical (unpaired) electrons. The summed E-state index contributed by atoms with van der Waals surface area (Å²) in [6, 6.07) is 22.4. The van der Waals surface area contributed by atoms with Crippen molar-refractivity contribution in [3.05, 3.63) is 89.5 Å². The van der Waals surface area contributed by atoms with E-state index in [2.05, 4.69) is 11.8 Å². The van der Waals surface area contributed by atoms with Gasteiger partial charge < -0.3 is 9.84 Å². The van der Waals surface area contributed by atoms with E-state index in [9.17, 15) is 5.11 Å². The number of phenolic OH excluding ortho intramolecular Hbond substituents is 1. The Morgan fingerprint density at radius 3 is 1.61 bits per heavy atom. The van der Waals surface area contributed by atoms with Crippen molar-refractivity contribution >= 4 is 0 Å². The predicted octanol–water partition coefficient (Wildman–Crippen LogP) is 4.89. The van der Waals surface area contributed by atoms with Crippen LogP contribution >= 0.6 is 0 Å². The molecule has 2 nitrogen and oxygen atoms in total. The predicted molar refractivity (Wildman–Crippen MR) is 91.8 cm³/mol. The standard InChI is InChI=1S/C21H16O2/c1-16-2-12-20(13-3-16)23-21-14-8-18(9-15-21)5-4-17-6-10-19(22)11-7-17/h2-3,6-15,22H,1H3. The van der Waals surface area contributed by atoms with Crippen molar-refractivity contribution in [2.45, 2.75) is 6.92 Å². The van der Waals surface area contributed by atoms with Crippen LogP contribution in [0.2, 0.25) is 0 Å². The fourth-order valence-corrected chi connectivity index (χ4v) is 2.04. The minimum absolute atomic E-state index is 0.244. The Labute approximate surface area is 136 Å². The second-order valence-electron chi connectivity index (χ2n) is 5.24. The molecule has 2 heteroatoms. The highest BCUT2D eigenvalue weighted by atomic mass is 16.5. The summed E-state index contributed by atoms with van der Waals surface area (Å²) in [5.74, 6) is 8.00. The molecule has 3 rings (SSSR count). The molecule has 3 aromatic carbocycles. The molecule has 0 unspecified atom stereocenters. The number of aryl methyl sites for hydroxylation is 1. The SMILES string of the molecule is Cc1ccc(Oc2ccc(C#Cc3ccc(O)cc3)cc2)cc1. The second kappa shape index (κ2) is 6.72. The van der Waals surface area contributed by atoms with Crippen LogP contribution in [0, 0.1) is 18.8 Å². The fraction of sp³-hybridized carbons (Fsp3) is 0.0476. The Bertz CT molecular complexity index is 834. The molecule has 0 aliphatic heterocycles. The Morgan fingerprint density at radius 2 is 1.09 bits per heavy atom. The number of aromatic hydroxyl groups is 1. The summed E-state index contributed by atoms with van der Waals surface area (Å²) in [6.07, 6.45) is 0. The minimum Gasteiger partial charge on any atom is -0.508 e. The third kappa shape index (κ3) is 4.15. The van der Waals surface area contributed by atoms with Gasteiger partial charge in [0.25, 0.3) is 0 Å². The van der Waals surface area contributed by atoms with Gasteiger partial charge in [0.05, 0.1) is 0 Å². The third-order valence-corrected chi connectivity index (χ3v) is 3.33. The number of benzene rings is 3. The van der Waals surface area contributed by atoms with Crippen LogP contribution in [0.15, 0.2) is 72.8 Å². The van der Waals surface area contributed by atoms with Crippen LogP contribution in [-0.2, 0) is 0 Å². The molecule has 0 aromatic heterocycles. The van der Waals surface area contributed by atoms with E-state index in [1.807, 2.05) is 55.5 Å². The molecule has 0 aliphatic carbocycles. The largest absolute Gasteiger partial charge is 0.508 e. The number of rotatable bonds is 2. The molecule has 0 bridgehead atoms. The zero-order valence-corrected chi connectivity index (χ0v) is 12.8. The van der Waals surface area contributed by atoms with Crippen LogP contribution in [0.4, 0.5) is 0 Å². The van der Waals surface area contributed by atoms with Crippen molar-refractivity contribution in [1.82, 2.24) is 0 Å². The van der Waals surface area contributed by atoms with Crippen molar-refractivity contribution in [2.75, 3.05) is 0 Å². The lowest BCUT2D eigenvalue weighted by atomic mass is 10.2. The molecule has 0 fully saturated rings. The first-order valence-electron chi connectivity index (χ1n) is 7.35. The molecular weight excluding hydrogens is 284 g/mol. The zero-order valence-electron chi connectivity index (χ0n) is 12.8. The van der Waals surface area contributed by atoms with Gasteiger partial charge in [-0.25, -0.2) is 0 Å². The van der Waals surface area contributed by atoms with E-state index >= 15 is 0 Å². The lowest BCUT2D eigenvalue weighted by Gasteiger charge is -2.05. The molecule has 23 heavy (non-hydrogen) atoms. The smallest absolute Gasteiger partial charge is 0.127 e. The van der Waals surface area contributed by atoms with E-state index in [0.29, 0.717) is 0 Å². The summed E-state index contributed by atoms with van der Waals surface area (Å²) in [5, 5.41) is 9.25. The first kappa shape index (κ1) is 14.7. The quantitative estimate of drug-likeness (QED) is 0.683. The van der Waals surface area contributed by atoms with Gasteiger partial charge in [0.2, 0.25) is 0 Å². The van der Waals surface area contributed by atoms with Crippen molar-refractivity contribution in [3.8, 4) is 29.1 Å². The molecule has 3 aromatic rings. The highest BCUT2D eigenvalue weighted by Gasteiger charge is 1.97. The number of hydrogen-bond donors (Lipinski definition) is 1. The van der Waals surface area contributed by atoms with Gasteiger partial charge in [-0.05, 0) is 67.6 Å². The van der Waals surface area contributed by atoms with E-state index in [1.165, 1.54) is 5.56 Å². The number of phenols is 1. The highest BCUT2D eigenvalue weighted by molar-refractivity contribution is 5.45. The summed E-state index contributed by atoms with van der Waals surface area (Å²) in [5.41, 5.74) is 2.98. The molecule has 0 saturated heterocycles. The molecule has 0 aliphatic rings. The van der Waals surface area contributed by atoms with Crippen molar-refractivity contribution in [2.24, 2.45) is 0 Å².